The minimum atomic E-state index is -5.97. The highest BCUT2D eigenvalue weighted by Crippen LogP contribution is 2.30. The van der Waals surface area contributed by atoms with Gasteiger partial charge >= 0.3 is 21.3 Å². The standard InChI is InChI=1S/C11H17F3O6S/c1-7(19-9(15)8-5-3-2-4-6-8)20-10(12)11(13,14)21(16,17)18/h7-8,10H,2-6H2,1H3,(H,16,17,18). The van der Waals surface area contributed by atoms with E-state index in [1.54, 1.807) is 0 Å². The van der Waals surface area contributed by atoms with Crippen LogP contribution in [-0.2, 0) is 24.4 Å². The summed E-state index contributed by atoms with van der Waals surface area (Å²) in [6.07, 6.45) is -1.52. The smallest absolute Gasteiger partial charge is 0.424 e. The lowest BCUT2D eigenvalue weighted by atomic mass is 9.89. The highest BCUT2D eigenvalue weighted by atomic mass is 32.2. The van der Waals surface area contributed by atoms with E-state index >= 15 is 0 Å². The molecule has 0 aromatic carbocycles. The van der Waals surface area contributed by atoms with Crippen LogP contribution in [-0.4, -0.2) is 36.8 Å². The number of carbonyl (C=O) groups excluding carboxylic acids is 1. The fourth-order valence-electron chi connectivity index (χ4n) is 1.99. The predicted molar refractivity (Wildman–Crippen MR) is 64.6 cm³/mol. The Morgan fingerprint density at radius 1 is 1.29 bits per heavy atom. The molecule has 124 valence electrons. The fraction of sp³-hybridized carbons (Fsp3) is 0.909. The second-order valence-corrected chi connectivity index (χ2v) is 6.32. The zero-order chi connectivity index (χ0) is 16.3. The number of carbonyl (C=O) groups is 1. The Morgan fingerprint density at radius 2 is 1.81 bits per heavy atom. The summed E-state index contributed by atoms with van der Waals surface area (Å²) in [7, 11) is -5.97. The molecule has 1 N–H and O–H groups in total. The van der Waals surface area contributed by atoms with E-state index in [2.05, 4.69) is 9.47 Å². The molecular weight excluding hydrogens is 317 g/mol. The Balaban J connectivity index is 2.53. The largest absolute Gasteiger partial charge is 0.436 e. The highest BCUT2D eigenvalue weighted by Gasteiger charge is 2.54. The number of esters is 1. The fourth-order valence-corrected chi connectivity index (χ4v) is 2.28. The van der Waals surface area contributed by atoms with Gasteiger partial charge in [0.1, 0.15) is 0 Å². The van der Waals surface area contributed by atoms with Crippen LogP contribution in [0.4, 0.5) is 13.2 Å². The number of halogens is 3. The average Bonchev–Trinajstić information content (AvgIpc) is 2.38. The van der Waals surface area contributed by atoms with Gasteiger partial charge in [-0.3, -0.25) is 9.35 Å². The first kappa shape index (κ1) is 18.2. The first-order valence-corrected chi connectivity index (χ1v) is 7.84. The first-order valence-electron chi connectivity index (χ1n) is 6.40. The maximum atomic E-state index is 13.1. The molecule has 2 unspecified atom stereocenters. The van der Waals surface area contributed by atoms with Gasteiger partial charge in [-0.25, -0.2) is 4.39 Å². The van der Waals surface area contributed by atoms with E-state index in [0.717, 1.165) is 26.2 Å². The van der Waals surface area contributed by atoms with E-state index in [1.807, 2.05) is 0 Å². The van der Waals surface area contributed by atoms with Crippen molar-refractivity contribution in [3.05, 3.63) is 0 Å². The summed E-state index contributed by atoms with van der Waals surface area (Å²) >= 11 is 0. The molecule has 0 aromatic rings. The van der Waals surface area contributed by atoms with Gasteiger partial charge in [-0.05, 0) is 19.8 Å². The molecule has 0 aliphatic heterocycles. The van der Waals surface area contributed by atoms with Gasteiger partial charge in [-0.2, -0.15) is 17.2 Å². The van der Waals surface area contributed by atoms with Crippen molar-refractivity contribution < 1.29 is 40.4 Å². The normalized spacial score (nSPS) is 20.8. The van der Waals surface area contributed by atoms with Gasteiger partial charge in [-0.15, -0.1) is 0 Å². The Bertz CT molecular complexity index is 461. The topological polar surface area (TPSA) is 89.9 Å². The molecule has 0 saturated heterocycles. The number of hydrogen-bond acceptors (Lipinski definition) is 5. The van der Waals surface area contributed by atoms with Gasteiger partial charge in [0.15, 0.2) is 0 Å². The molecule has 0 spiro atoms. The minimum absolute atomic E-state index is 0.398. The zero-order valence-electron chi connectivity index (χ0n) is 11.3. The molecule has 0 heterocycles. The lowest BCUT2D eigenvalue weighted by molar-refractivity contribution is -0.240. The van der Waals surface area contributed by atoms with Crippen LogP contribution in [0, 0.1) is 5.92 Å². The third-order valence-corrected chi connectivity index (χ3v) is 4.01. The summed E-state index contributed by atoms with van der Waals surface area (Å²) in [5.74, 6) is -1.10. The summed E-state index contributed by atoms with van der Waals surface area (Å²) < 4.78 is 76.4. The maximum Gasteiger partial charge on any atom is 0.424 e. The average molecular weight is 334 g/mol. The molecule has 1 aliphatic carbocycles. The molecule has 1 saturated carbocycles. The Hall–Kier alpha value is -0.870. The maximum absolute atomic E-state index is 13.1. The zero-order valence-corrected chi connectivity index (χ0v) is 12.1. The van der Waals surface area contributed by atoms with E-state index in [-0.39, 0.29) is 0 Å². The van der Waals surface area contributed by atoms with Crippen LogP contribution in [0.2, 0.25) is 0 Å². The summed E-state index contributed by atoms with van der Waals surface area (Å²) in [5.41, 5.74) is 0. The van der Waals surface area contributed by atoms with Crippen molar-refractivity contribution in [2.24, 2.45) is 5.92 Å². The van der Waals surface area contributed by atoms with Crippen molar-refractivity contribution in [3.63, 3.8) is 0 Å². The van der Waals surface area contributed by atoms with Crippen molar-refractivity contribution in [2.75, 3.05) is 0 Å². The summed E-state index contributed by atoms with van der Waals surface area (Å²) in [4.78, 5) is 11.7. The summed E-state index contributed by atoms with van der Waals surface area (Å²) in [5, 5.41) is -5.14. The lowest BCUT2D eigenvalue weighted by Crippen LogP contribution is -2.42. The molecule has 0 aromatic heterocycles. The molecule has 21 heavy (non-hydrogen) atoms. The monoisotopic (exact) mass is 334 g/mol. The second-order valence-electron chi connectivity index (χ2n) is 4.83. The number of alkyl halides is 3. The van der Waals surface area contributed by atoms with E-state index in [9.17, 15) is 26.4 Å². The van der Waals surface area contributed by atoms with Gasteiger partial charge in [0.05, 0.1) is 5.92 Å². The molecule has 0 bridgehead atoms. The van der Waals surface area contributed by atoms with Crippen LogP contribution in [0.25, 0.3) is 0 Å². The molecular formula is C11H17F3O6S. The second kappa shape index (κ2) is 6.93. The SMILES string of the molecule is CC(OC(=O)C1CCCCC1)OC(F)C(F)(F)S(=O)(=O)O. The van der Waals surface area contributed by atoms with Crippen LogP contribution in [0.3, 0.4) is 0 Å². The molecule has 1 aliphatic rings. The van der Waals surface area contributed by atoms with Gasteiger partial charge in [0.2, 0.25) is 6.29 Å². The third kappa shape index (κ3) is 4.82. The van der Waals surface area contributed by atoms with E-state index in [4.69, 9.17) is 4.55 Å². The molecule has 0 radical (unpaired) electrons. The molecule has 10 heteroatoms. The molecule has 1 fully saturated rings. The Morgan fingerprint density at radius 3 is 2.29 bits per heavy atom. The van der Waals surface area contributed by atoms with E-state index in [0.29, 0.717) is 12.8 Å². The Kier molecular flexibility index (Phi) is 6.00. The van der Waals surface area contributed by atoms with Crippen molar-refractivity contribution in [1.29, 1.82) is 0 Å². The van der Waals surface area contributed by atoms with Crippen LogP contribution >= 0.6 is 0 Å². The minimum Gasteiger partial charge on any atom is -0.436 e. The van der Waals surface area contributed by atoms with Crippen molar-refractivity contribution >= 4 is 16.1 Å². The summed E-state index contributed by atoms with van der Waals surface area (Å²) in [6.45, 7) is 0.980. The van der Waals surface area contributed by atoms with Gasteiger partial charge in [0.25, 0.3) is 6.36 Å². The number of ether oxygens (including phenoxy) is 2. The summed E-state index contributed by atoms with van der Waals surface area (Å²) in [6, 6.07) is 0. The van der Waals surface area contributed by atoms with Crippen molar-refractivity contribution in [3.8, 4) is 0 Å². The van der Waals surface area contributed by atoms with E-state index in [1.165, 1.54) is 0 Å². The molecule has 1 rings (SSSR count). The lowest BCUT2D eigenvalue weighted by Gasteiger charge is -2.24. The first-order chi connectivity index (χ1) is 9.55. The van der Waals surface area contributed by atoms with Gasteiger partial charge < -0.3 is 9.47 Å². The van der Waals surface area contributed by atoms with Crippen molar-refractivity contribution in [2.45, 2.75) is 56.9 Å². The molecule has 6 nitrogen and oxygen atoms in total. The highest BCUT2D eigenvalue weighted by molar-refractivity contribution is 7.86. The van der Waals surface area contributed by atoms with Crippen LogP contribution in [0.15, 0.2) is 0 Å². The van der Waals surface area contributed by atoms with Gasteiger partial charge in [0, 0.05) is 0 Å². The van der Waals surface area contributed by atoms with Crippen LogP contribution < -0.4 is 0 Å². The quantitative estimate of drug-likeness (QED) is 0.455. The predicted octanol–water partition coefficient (Wildman–Crippen LogP) is 2.25. The Labute approximate surface area is 120 Å². The molecule has 0 amide bonds. The van der Waals surface area contributed by atoms with Crippen molar-refractivity contribution in [1.82, 2.24) is 0 Å². The van der Waals surface area contributed by atoms with Crippen LogP contribution in [0.5, 0.6) is 0 Å². The number of rotatable bonds is 6. The van der Waals surface area contributed by atoms with Crippen LogP contribution in [0.1, 0.15) is 39.0 Å². The molecule has 2 atom stereocenters. The van der Waals surface area contributed by atoms with E-state index < -0.39 is 39.9 Å². The van der Waals surface area contributed by atoms with Gasteiger partial charge in [-0.1, -0.05) is 19.3 Å². The number of hydrogen-bond donors (Lipinski definition) is 1. The third-order valence-electron chi connectivity index (χ3n) is 3.14.